The van der Waals surface area contributed by atoms with Gasteiger partial charge in [0.1, 0.15) is 0 Å². The van der Waals surface area contributed by atoms with Gasteiger partial charge in [0, 0.05) is 87.5 Å². The van der Waals surface area contributed by atoms with Gasteiger partial charge in [0.2, 0.25) is 0 Å². The second kappa shape index (κ2) is 31.8. The van der Waals surface area contributed by atoms with Crippen molar-refractivity contribution in [2.45, 2.75) is 209 Å². The second-order valence-corrected chi connectivity index (χ2v) is 44.4. The summed E-state index contributed by atoms with van der Waals surface area (Å²) in [4.78, 5) is 7.53. The summed E-state index contributed by atoms with van der Waals surface area (Å²) in [5, 5.41) is 5.31. The van der Waals surface area contributed by atoms with Crippen LogP contribution in [0.25, 0.3) is 58.8 Å². The zero-order chi connectivity index (χ0) is 84.4. The highest BCUT2D eigenvalue weighted by atomic mass is 32.1. The fourth-order valence-corrected chi connectivity index (χ4v) is 31.4. The third-order valence-electron chi connectivity index (χ3n) is 36.3. The maximum atomic E-state index is 2.56. The molecule has 12 fully saturated rings. The van der Waals surface area contributed by atoms with Crippen LogP contribution in [0.5, 0.6) is 0 Å². The van der Waals surface area contributed by atoms with Crippen LogP contribution in [0, 0.1) is 71.0 Å². The molecule has 13 aliphatic carbocycles. The number of nitrogens with zero attached hydrogens (tertiary/aromatic N) is 4. The molecular formula is C123H122N4S. The number of thiophene rings is 1. The Morgan fingerprint density at radius 2 is 0.586 bits per heavy atom. The fourth-order valence-electron chi connectivity index (χ4n) is 30.3. The summed E-state index contributed by atoms with van der Waals surface area (Å²) in [5.41, 5.74) is 29.9. The lowest BCUT2D eigenvalue weighted by atomic mass is 9.81. The van der Waals surface area contributed by atoms with E-state index in [4.69, 9.17) is 0 Å². The minimum absolute atomic E-state index is 0.0627. The number of anilines is 9. The second-order valence-electron chi connectivity index (χ2n) is 43.3. The minimum Gasteiger partial charge on any atom is -0.310 e. The Bertz CT molecular complexity index is 6440. The monoisotopic (exact) mass is 1690 g/mol. The first-order valence-corrected chi connectivity index (χ1v) is 51.1. The Labute approximate surface area is 762 Å². The molecule has 0 radical (unpaired) electrons. The molecule has 2 heterocycles. The topological polar surface area (TPSA) is 14.7 Å². The molecule has 15 aromatic rings. The quantitative estimate of drug-likeness (QED) is 0.0958. The van der Waals surface area contributed by atoms with Gasteiger partial charge in [-0.05, 0) is 411 Å². The maximum Gasteiger partial charge on any atom is 0.0561 e. The smallest absolute Gasteiger partial charge is 0.0561 e. The van der Waals surface area contributed by atoms with Gasteiger partial charge in [0.15, 0.2) is 0 Å². The van der Waals surface area contributed by atoms with Crippen molar-refractivity contribution < 1.29 is 0 Å². The van der Waals surface area contributed by atoms with Gasteiger partial charge in [0.25, 0.3) is 0 Å². The number of para-hydroxylation sites is 2. The number of hydrogen-bond acceptors (Lipinski definition) is 4. The standard InChI is InChI=1S/C44H42N2.C41H43N.C38H37NS/c1-2-6-35(7-3-1)46-43-9-5-4-8-39(43)40-23-22-38(28-44(40)46)45(36-18-14-31(15-19-36)41-26-29-10-12-33(41)24-29)37-20-16-32(17-21-37)42-27-30-11-13-34(42)25-30;1-41(2)38-8-4-3-6-34(38)35-7-5-9-39(40(35)41)42(32-18-14-28(15-19-32)36-24-26-10-12-30(36)22-26)33-20-16-29(17-21-33)37-25-27-11-13-31(37)23-27;1-2-4-37-33(3-1)36-23-32(17-18-38(36)40-37)39(30-13-9-26(10-14-30)34-21-24-5-7-28(34)19-24)31-15-11-27(12-16-31)35-22-25-6-8-29(35)20-25/h1-9,14-23,28-30,33-34,41-42H,10-13,24-27H2;3-9,14-21,26-27,30-31,36-37H,10-13,22-25H2,1-2H3;1-4,9-18,23-25,28-29,34-35H,5-8,19-22H2. The fraction of sp³-hybridized carbons (Fsp3) is 0.366. The number of aromatic nitrogens is 1. The molecule has 18 unspecified atom stereocenters. The number of fused-ring (bicyclic) bond motifs is 21. The van der Waals surface area contributed by atoms with Gasteiger partial charge < -0.3 is 19.3 Å². The summed E-state index contributed by atoms with van der Waals surface area (Å²) in [6.07, 6.45) is 34.5. The molecule has 0 aliphatic heterocycles. The Morgan fingerprint density at radius 1 is 0.250 bits per heavy atom. The molecule has 18 atom stereocenters. The predicted molar refractivity (Wildman–Crippen MR) is 537 cm³/mol. The molecule has 4 nitrogen and oxygen atoms in total. The van der Waals surface area contributed by atoms with E-state index in [-0.39, 0.29) is 5.41 Å². The van der Waals surface area contributed by atoms with Crippen LogP contribution in [0.2, 0.25) is 0 Å². The summed E-state index contributed by atoms with van der Waals surface area (Å²) in [6.45, 7) is 4.83. The molecule has 128 heavy (non-hydrogen) atoms. The van der Waals surface area contributed by atoms with Crippen LogP contribution < -0.4 is 14.7 Å². The van der Waals surface area contributed by atoms with Crippen LogP contribution >= 0.6 is 11.3 Å². The van der Waals surface area contributed by atoms with Crippen LogP contribution in [-0.4, -0.2) is 4.57 Å². The van der Waals surface area contributed by atoms with Gasteiger partial charge in [-0.1, -0.05) is 222 Å². The largest absolute Gasteiger partial charge is 0.310 e. The number of hydrogen-bond donors (Lipinski definition) is 0. The average molecular weight is 1690 g/mol. The van der Waals surface area contributed by atoms with Gasteiger partial charge >= 0.3 is 0 Å². The summed E-state index contributed by atoms with van der Waals surface area (Å²) in [6, 6.07) is 117. The highest BCUT2D eigenvalue weighted by Crippen LogP contribution is 2.62. The Morgan fingerprint density at radius 3 is 1.00 bits per heavy atom. The van der Waals surface area contributed by atoms with Crippen molar-refractivity contribution in [2.75, 3.05) is 14.7 Å². The van der Waals surface area contributed by atoms with Crippen molar-refractivity contribution in [3.05, 3.63) is 348 Å². The molecule has 13 aromatic carbocycles. The third kappa shape index (κ3) is 13.6. The maximum absolute atomic E-state index is 2.56. The molecule has 28 rings (SSSR count). The molecule has 12 bridgehead atoms. The van der Waals surface area contributed by atoms with E-state index >= 15 is 0 Å². The normalized spacial score (nSPS) is 28.2. The third-order valence-corrected chi connectivity index (χ3v) is 37.4. The van der Waals surface area contributed by atoms with Gasteiger partial charge in [-0.15, -0.1) is 11.3 Å². The lowest BCUT2D eigenvalue weighted by Crippen LogP contribution is -2.20. The minimum atomic E-state index is -0.0627. The van der Waals surface area contributed by atoms with Crippen molar-refractivity contribution in [3.8, 4) is 16.8 Å². The van der Waals surface area contributed by atoms with Gasteiger partial charge in [-0.2, -0.15) is 0 Å². The highest BCUT2D eigenvalue weighted by Gasteiger charge is 2.47. The van der Waals surface area contributed by atoms with E-state index in [1.807, 2.05) is 11.3 Å². The summed E-state index contributed by atoms with van der Waals surface area (Å²) in [7, 11) is 0. The van der Waals surface area contributed by atoms with Gasteiger partial charge in [-0.3, -0.25) is 0 Å². The van der Waals surface area contributed by atoms with Crippen LogP contribution in [0.15, 0.2) is 303 Å². The van der Waals surface area contributed by atoms with Crippen molar-refractivity contribution in [2.24, 2.45) is 71.0 Å². The number of benzene rings is 13. The lowest BCUT2D eigenvalue weighted by molar-refractivity contribution is 0.420. The van der Waals surface area contributed by atoms with Gasteiger partial charge in [0.05, 0.1) is 16.7 Å². The first kappa shape index (κ1) is 78.3. The molecule has 0 spiro atoms. The zero-order valence-corrected chi connectivity index (χ0v) is 75.7. The van der Waals surface area contributed by atoms with Crippen molar-refractivity contribution in [3.63, 3.8) is 0 Å². The predicted octanol–water partition coefficient (Wildman–Crippen LogP) is 34.7. The molecule has 13 aliphatic rings. The van der Waals surface area contributed by atoms with E-state index in [1.54, 1.807) is 33.4 Å². The lowest BCUT2D eigenvalue weighted by Gasteiger charge is -2.33. The van der Waals surface area contributed by atoms with Crippen molar-refractivity contribution in [1.82, 2.24) is 4.57 Å². The summed E-state index contributed by atoms with van der Waals surface area (Å²) >= 11 is 1.90. The average Bonchev–Trinajstić information content (AvgIpc) is 1.56. The van der Waals surface area contributed by atoms with E-state index in [0.717, 1.165) is 107 Å². The van der Waals surface area contributed by atoms with E-state index in [9.17, 15) is 0 Å². The van der Waals surface area contributed by atoms with E-state index < -0.39 is 0 Å². The Kier molecular flexibility index (Phi) is 19.5. The summed E-state index contributed by atoms with van der Waals surface area (Å²) in [5.74, 6) is 15.8. The Hall–Kier alpha value is -10.7. The summed E-state index contributed by atoms with van der Waals surface area (Å²) < 4.78 is 5.16. The molecule has 12 saturated carbocycles. The molecule has 0 amide bonds. The van der Waals surface area contributed by atoms with Gasteiger partial charge in [-0.25, -0.2) is 0 Å². The van der Waals surface area contributed by atoms with Crippen molar-refractivity contribution >= 4 is 105 Å². The molecule has 0 saturated heterocycles. The van der Waals surface area contributed by atoms with E-state index in [0.29, 0.717) is 0 Å². The molecule has 0 N–H and O–H groups in total. The molecule has 5 heteroatoms. The molecule has 640 valence electrons. The molecular weight excluding hydrogens is 1570 g/mol. The SMILES string of the molecule is CC1(C)c2ccccc2-c2cccc(N(c3ccc(C4CC5CCC4C5)cc3)c3ccc(C4CC5CCC4C5)cc3)c21.c1ccc(-n2c3ccccc3c3ccc(N(c4ccc(C5CC6CCC5C6)cc4)c4ccc(C5CC6CCC5C6)cc4)cc32)cc1.c1ccc2c(c1)sc1ccc(N(c3ccc(C4CC5CCC4C5)cc3)c3ccc(C4CC5CCC4C5)cc3)cc12. The van der Waals surface area contributed by atoms with Crippen molar-refractivity contribution in [1.29, 1.82) is 0 Å². The first-order valence-electron chi connectivity index (χ1n) is 50.3. The van der Waals surface area contributed by atoms with Crippen LogP contribution in [0.1, 0.15) is 248 Å². The van der Waals surface area contributed by atoms with E-state index in [1.165, 1.54) is 275 Å². The van der Waals surface area contributed by atoms with Crippen LogP contribution in [0.4, 0.5) is 51.2 Å². The first-order chi connectivity index (χ1) is 63.1. The van der Waals surface area contributed by atoms with Crippen LogP contribution in [-0.2, 0) is 5.41 Å². The Balaban J connectivity index is 0.000000102. The van der Waals surface area contributed by atoms with E-state index in [2.05, 4.69) is 336 Å². The van der Waals surface area contributed by atoms with Crippen LogP contribution in [0.3, 0.4) is 0 Å². The zero-order valence-electron chi connectivity index (χ0n) is 74.9. The molecule has 2 aromatic heterocycles. The number of rotatable bonds is 16. The highest BCUT2D eigenvalue weighted by molar-refractivity contribution is 7.25.